The Morgan fingerprint density at radius 1 is 1.34 bits per heavy atom. The molecule has 0 spiro atoms. The van der Waals surface area contributed by atoms with Crippen LogP contribution in [-0.4, -0.2) is 66.8 Å². The number of nitrogens with one attached hydrogen (secondary N) is 2. The number of hydrazone groups is 1. The van der Waals surface area contributed by atoms with Gasteiger partial charge in [-0.2, -0.15) is 5.10 Å². The molecule has 1 aromatic rings. The minimum Gasteiger partial charge on any atom is -0.379 e. The molecule has 1 aliphatic rings. The van der Waals surface area contributed by atoms with Crippen LogP contribution in [0.3, 0.4) is 0 Å². The smallest absolute Gasteiger partial charge is 0.339 e. The summed E-state index contributed by atoms with van der Waals surface area (Å²) in [6, 6.07) is 3.38. The van der Waals surface area contributed by atoms with Gasteiger partial charge < -0.3 is 15.0 Å². The summed E-state index contributed by atoms with van der Waals surface area (Å²) in [5.41, 5.74) is 5.76. The lowest BCUT2D eigenvalue weighted by atomic mass is 10.0. The maximum atomic E-state index is 12.6. The first-order valence-corrected chi connectivity index (χ1v) is 11.4. The number of hydrogen-bond donors (Lipinski definition) is 2. The van der Waals surface area contributed by atoms with Crippen LogP contribution >= 0.6 is 11.6 Å². The van der Waals surface area contributed by atoms with Gasteiger partial charge >= 0.3 is 6.03 Å². The van der Waals surface area contributed by atoms with Gasteiger partial charge in [-0.3, -0.25) is 9.69 Å². The summed E-state index contributed by atoms with van der Waals surface area (Å²) in [7, 11) is 1.57. The van der Waals surface area contributed by atoms with Gasteiger partial charge in [-0.25, -0.2) is 10.2 Å². The molecule has 9 heteroatoms. The normalized spacial score (nSPS) is 18.4. The highest BCUT2D eigenvalue weighted by molar-refractivity contribution is 6.31. The molecule has 2 rings (SSSR count). The minimum absolute atomic E-state index is 0.0570. The standard InChI is InChI=1S/C23H36ClN5O3/c1-7-15(2)22(30)29-9-8-28(12-17(29)4)13-19-10-20(24)11-21(18(19)5)25-23(31)27-26-16(3)14-32-6/h10-11,15,17H,7-9,12-14H2,1-6H3,(H2,25,27,31)/b26-16+/t15-,17-/m0/s1. The van der Waals surface area contributed by atoms with E-state index in [0.717, 1.165) is 37.2 Å². The van der Waals surface area contributed by atoms with E-state index in [1.54, 1.807) is 20.1 Å². The van der Waals surface area contributed by atoms with E-state index in [2.05, 4.69) is 27.7 Å². The Kier molecular flexibility index (Phi) is 9.93. The molecule has 8 nitrogen and oxygen atoms in total. The van der Waals surface area contributed by atoms with Crippen LogP contribution in [0.25, 0.3) is 0 Å². The lowest BCUT2D eigenvalue weighted by Crippen LogP contribution is -2.54. The van der Waals surface area contributed by atoms with E-state index >= 15 is 0 Å². The van der Waals surface area contributed by atoms with E-state index < -0.39 is 6.03 Å². The second-order valence-electron chi connectivity index (χ2n) is 8.51. The van der Waals surface area contributed by atoms with Crippen molar-refractivity contribution < 1.29 is 14.3 Å². The number of methoxy groups -OCH3 is 1. The molecule has 0 radical (unpaired) electrons. The maximum absolute atomic E-state index is 12.6. The van der Waals surface area contributed by atoms with Crippen LogP contribution in [0.2, 0.25) is 5.02 Å². The van der Waals surface area contributed by atoms with E-state index in [-0.39, 0.29) is 17.9 Å². The fourth-order valence-corrected chi connectivity index (χ4v) is 4.01. The second-order valence-corrected chi connectivity index (χ2v) is 8.94. The first-order valence-electron chi connectivity index (χ1n) is 11.1. The summed E-state index contributed by atoms with van der Waals surface area (Å²) >= 11 is 6.35. The third-order valence-corrected chi connectivity index (χ3v) is 6.07. The molecular formula is C23H36ClN5O3. The van der Waals surface area contributed by atoms with Crippen LogP contribution in [0.5, 0.6) is 0 Å². The van der Waals surface area contributed by atoms with Gasteiger partial charge in [0, 0.05) is 56.0 Å². The Balaban J connectivity index is 2.04. The number of urea groups is 1. The van der Waals surface area contributed by atoms with E-state index in [1.807, 2.05) is 31.7 Å². The van der Waals surface area contributed by atoms with Gasteiger partial charge in [-0.15, -0.1) is 0 Å². The molecule has 3 amide bonds. The van der Waals surface area contributed by atoms with Crippen LogP contribution in [0, 0.1) is 12.8 Å². The summed E-state index contributed by atoms with van der Waals surface area (Å²) in [4.78, 5) is 29.2. The van der Waals surface area contributed by atoms with Crippen molar-refractivity contribution in [2.45, 2.75) is 53.6 Å². The van der Waals surface area contributed by atoms with E-state index in [0.29, 0.717) is 29.6 Å². The topological polar surface area (TPSA) is 86.3 Å². The van der Waals surface area contributed by atoms with Crippen LogP contribution in [0.1, 0.15) is 45.2 Å². The van der Waals surface area contributed by atoms with Crippen LogP contribution in [0.15, 0.2) is 17.2 Å². The predicted octanol–water partition coefficient (Wildman–Crippen LogP) is 3.87. The van der Waals surface area contributed by atoms with Crippen molar-refractivity contribution in [3.8, 4) is 0 Å². The fourth-order valence-electron chi connectivity index (χ4n) is 3.77. The highest BCUT2D eigenvalue weighted by Gasteiger charge is 2.29. The third-order valence-electron chi connectivity index (χ3n) is 5.85. The molecule has 0 saturated carbocycles. The Labute approximate surface area is 196 Å². The number of carbonyl (C=O) groups is 2. The lowest BCUT2D eigenvalue weighted by molar-refractivity contribution is -0.139. The molecule has 32 heavy (non-hydrogen) atoms. The van der Waals surface area contributed by atoms with Crippen LogP contribution < -0.4 is 10.7 Å². The lowest BCUT2D eigenvalue weighted by Gasteiger charge is -2.41. The van der Waals surface area contributed by atoms with Crippen molar-refractivity contribution in [2.75, 3.05) is 38.7 Å². The number of amides is 3. The van der Waals surface area contributed by atoms with Gasteiger partial charge in [0.15, 0.2) is 0 Å². The van der Waals surface area contributed by atoms with Crippen LogP contribution in [0.4, 0.5) is 10.5 Å². The van der Waals surface area contributed by atoms with Gasteiger partial charge in [0.05, 0.1) is 12.3 Å². The van der Waals surface area contributed by atoms with Gasteiger partial charge in [0.2, 0.25) is 5.91 Å². The first-order chi connectivity index (χ1) is 15.2. The Hall–Kier alpha value is -2.16. The van der Waals surface area contributed by atoms with Gasteiger partial charge in [-0.05, 0) is 50.5 Å². The fraction of sp³-hybridized carbons (Fsp3) is 0.609. The van der Waals surface area contributed by atoms with Gasteiger partial charge in [0.25, 0.3) is 0 Å². The Bertz CT molecular complexity index is 845. The van der Waals surface area contributed by atoms with Crippen molar-refractivity contribution in [3.05, 3.63) is 28.3 Å². The Morgan fingerprint density at radius 2 is 2.06 bits per heavy atom. The van der Waals surface area contributed by atoms with Gasteiger partial charge in [0.1, 0.15) is 0 Å². The summed E-state index contributed by atoms with van der Waals surface area (Å²) < 4.78 is 4.98. The molecule has 0 aromatic heterocycles. The molecule has 1 heterocycles. The third kappa shape index (κ3) is 7.18. The zero-order valence-corrected chi connectivity index (χ0v) is 20.8. The molecule has 0 unspecified atom stereocenters. The van der Waals surface area contributed by atoms with Crippen molar-refractivity contribution in [1.29, 1.82) is 0 Å². The largest absolute Gasteiger partial charge is 0.379 e. The molecule has 1 aliphatic heterocycles. The molecule has 1 aromatic carbocycles. The average molecular weight is 466 g/mol. The molecule has 0 aliphatic carbocycles. The highest BCUT2D eigenvalue weighted by Crippen LogP contribution is 2.27. The van der Waals surface area contributed by atoms with E-state index in [9.17, 15) is 9.59 Å². The predicted molar refractivity (Wildman–Crippen MR) is 129 cm³/mol. The molecule has 1 saturated heterocycles. The number of hydrogen-bond acceptors (Lipinski definition) is 5. The average Bonchev–Trinajstić information content (AvgIpc) is 2.74. The maximum Gasteiger partial charge on any atom is 0.339 e. The quantitative estimate of drug-likeness (QED) is 0.450. The Morgan fingerprint density at radius 3 is 2.69 bits per heavy atom. The number of piperazine rings is 1. The van der Waals surface area contributed by atoms with Crippen molar-refractivity contribution in [2.24, 2.45) is 11.0 Å². The number of halogens is 1. The number of carbonyl (C=O) groups excluding carboxylic acids is 2. The molecular weight excluding hydrogens is 430 g/mol. The molecule has 0 bridgehead atoms. The second kappa shape index (κ2) is 12.2. The van der Waals surface area contributed by atoms with Crippen molar-refractivity contribution in [3.63, 3.8) is 0 Å². The van der Waals surface area contributed by atoms with Crippen molar-refractivity contribution >= 4 is 34.9 Å². The minimum atomic E-state index is -0.442. The summed E-state index contributed by atoms with van der Waals surface area (Å²) in [6.07, 6.45) is 0.855. The number of benzene rings is 1. The summed E-state index contributed by atoms with van der Waals surface area (Å²) in [6.45, 7) is 13.2. The van der Waals surface area contributed by atoms with Gasteiger partial charge in [-0.1, -0.05) is 25.4 Å². The summed E-state index contributed by atoms with van der Waals surface area (Å²) in [5.74, 6) is 0.293. The molecule has 2 N–H and O–H groups in total. The highest BCUT2D eigenvalue weighted by atomic mass is 35.5. The van der Waals surface area contributed by atoms with Crippen LogP contribution in [-0.2, 0) is 16.1 Å². The molecule has 1 fully saturated rings. The first kappa shape index (κ1) is 26.1. The SMILES string of the molecule is CC[C@H](C)C(=O)N1CCN(Cc2cc(Cl)cc(NC(=O)N/N=C(\C)COC)c2C)C[C@@H]1C. The molecule has 178 valence electrons. The zero-order valence-electron chi connectivity index (χ0n) is 20.0. The van der Waals surface area contributed by atoms with E-state index in [4.69, 9.17) is 16.3 Å². The summed E-state index contributed by atoms with van der Waals surface area (Å²) in [5, 5.41) is 7.36. The zero-order chi connectivity index (χ0) is 23.8. The van der Waals surface area contributed by atoms with E-state index in [1.165, 1.54) is 0 Å². The number of anilines is 1. The number of nitrogens with zero attached hydrogens (tertiary/aromatic N) is 3. The number of ether oxygens (including phenoxy) is 1. The molecule has 2 atom stereocenters. The monoisotopic (exact) mass is 465 g/mol. The number of rotatable bonds is 8. The van der Waals surface area contributed by atoms with Crippen molar-refractivity contribution in [1.82, 2.24) is 15.2 Å².